The van der Waals surface area contributed by atoms with Crippen molar-refractivity contribution in [3.05, 3.63) is 98.4 Å². The fraction of sp³-hybridized carbons (Fsp3) is 0.308. The Kier molecular flexibility index (Phi) is 5.90. The molecule has 0 N–H and O–H groups in total. The summed E-state index contributed by atoms with van der Waals surface area (Å²) in [4.78, 5) is 2.62. The van der Waals surface area contributed by atoms with Crippen molar-refractivity contribution in [2.24, 2.45) is 0 Å². The number of hydrogen-bond donors (Lipinski definition) is 0. The molecule has 0 radical (unpaired) electrons. The highest BCUT2D eigenvalue weighted by Gasteiger charge is 2.35. The van der Waals surface area contributed by atoms with Crippen molar-refractivity contribution in [3.63, 3.8) is 0 Å². The normalized spacial score (nSPS) is 19.6. The third-order valence-corrected chi connectivity index (χ3v) is 6.98. The van der Waals surface area contributed by atoms with Gasteiger partial charge in [-0.15, -0.1) is 0 Å². The molecule has 0 aliphatic carbocycles. The maximum absolute atomic E-state index is 3.58. The highest BCUT2D eigenvalue weighted by atomic mass is 79.9. The molecule has 1 nitrogen and oxygen atoms in total. The fourth-order valence-corrected chi connectivity index (χ4v) is 4.86. The first kappa shape index (κ1) is 20.7. The molecule has 0 aromatic heterocycles. The molecule has 0 spiro atoms. The van der Waals surface area contributed by atoms with Gasteiger partial charge < -0.3 is 4.90 Å². The van der Waals surface area contributed by atoms with Crippen LogP contribution in [-0.4, -0.2) is 0 Å². The van der Waals surface area contributed by atoms with Gasteiger partial charge in [0.05, 0.1) is 12.1 Å². The molecule has 0 amide bonds. The van der Waals surface area contributed by atoms with Crippen LogP contribution in [0.4, 0.5) is 5.69 Å². The van der Waals surface area contributed by atoms with Crippen LogP contribution in [0.25, 0.3) is 0 Å². The zero-order valence-corrected chi connectivity index (χ0v) is 20.4. The van der Waals surface area contributed by atoms with Gasteiger partial charge in [0.2, 0.25) is 0 Å². The second-order valence-electron chi connectivity index (χ2n) is 8.92. The highest BCUT2D eigenvalue weighted by molar-refractivity contribution is 9.10. The van der Waals surface area contributed by atoms with E-state index in [4.69, 9.17) is 0 Å². The molecule has 2 atom stereocenters. The SMILES string of the molecule is CC(C)(C)c1ccc(N2[C@H](c3ccc(Br)cc3)CC[C@H]2c2ccc(Br)cc2)cc1. The molecule has 1 saturated heterocycles. The maximum Gasteiger partial charge on any atom is 0.0549 e. The number of halogens is 2. The first-order valence-corrected chi connectivity index (χ1v) is 11.8. The molecule has 1 fully saturated rings. The molecule has 3 heteroatoms. The quantitative estimate of drug-likeness (QED) is 0.339. The molecule has 0 saturated carbocycles. The summed E-state index contributed by atoms with van der Waals surface area (Å²) < 4.78 is 2.26. The number of nitrogens with zero attached hydrogens (tertiary/aromatic N) is 1. The molecule has 3 aromatic rings. The van der Waals surface area contributed by atoms with Gasteiger partial charge in [-0.05, 0) is 71.3 Å². The summed E-state index contributed by atoms with van der Waals surface area (Å²) in [5.74, 6) is 0. The van der Waals surface area contributed by atoms with Crippen molar-refractivity contribution in [3.8, 4) is 0 Å². The first-order chi connectivity index (χ1) is 13.8. The Labute approximate surface area is 191 Å². The van der Waals surface area contributed by atoms with E-state index < -0.39 is 0 Å². The van der Waals surface area contributed by atoms with E-state index in [0.29, 0.717) is 12.1 Å². The molecule has 1 aliphatic heterocycles. The summed E-state index contributed by atoms with van der Waals surface area (Å²) in [6, 6.07) is 27.6. The van der Waals surface area contributed by atoms with Crippen LogP contribution in [0.15, 0.2) is 81.7 Å². The van der Waals surface area contributed by atoms with E-state index in [1.54, 1.807) is 0 Å². The van der Waals surface area contributed by atoms with E-state index in [-0.39, 0.29) is 5.41 Å². The van der Waals surface area contributed by atoms with Gasteiger partial charge in [0.25, 0.3) is 0 Å². The van der Waals surface area contributed by atoms with Crippen molar-refractivity contribution in [2.75, 3.05) is 4.90 Å². The van der Waals surface area contributed by atoms with E-state index >= 15 is 0 Å². The lowest BCUT2D eigenvalue weighted by Gasteiger charge is -2.34. The standard InChI is InChI=1S/C26H27Br2N/c1-26(2,3)20-8-14-23(15-9-20)29-24(18-4-10-21(27)11-5-18)16-17-25(29)19-6-12-22(28)13-7-19/h4-15,24-25H,16-17H2,1-3H3/t24-,25-/m0/s1. The van der Waals surface area contributed by atoms with Crippen LogP contribution < -0.4 is 4.90 Å². The minimum Gasteiger partial charge on any atom is -0.357 e. The minimum absolute atomic E-state index is 0.166. The largest absolute Gasteiger partial charge is 0.357 e. The Morgan fingerprint density at radius 3 is 1.45 bits per heavy atom. The predicted molar refractivity (Wildman–Crippen MR) is 131 cm³/mol. The topological polar surface area (TPSA) is 3.24 Å². The third kappa shape index (κ3) is 4.46. The van der Waals surface area contributed by atoms with Crippen LogP contribution in [-0.2, 0) is 5.41 Å². The monoisotopic (exact) mass is 511 g/mol. The van der Waals surface area contributed by atoms with Gasteiger partial charge in [-0.2, -0.15) is 0 Å². The highest BCUT2D eigenvalue weighted by Crippen LogP contribution is 2.47. The Balaban J connectivity index is 1.74. The molecule has 3 aromatic carbocycles. The Bertz CT molecular complexity index is 900. The Morgan fingerprint density at radius 1 is 0.655 bits per heavy atom. The van der Waals surface area contributed by atoms with Crippen molar-refractivity contribution in [1.82, 2.24) is 0 Å². The Morgan fingerprint density at radius 2 is 1.07 bits per heavy atom. The summed E-state index contributed by atoms with van der Waals surface area (Å²) >= 11 is 7.16. The second kappa shape index (κ2) is 8.28. The van der Waals surface area contributed by atoms with E-state index in [0.717, 1.165) is 21.8 Å². The molecule has 0 bridgehead atoms. The number of benzene rings is 3. The summed E-state index contributed by atoms with van der Waals surface area (Å²) in [6.07, 6.45) is 2.31. The average molecular weight is 513 g/mol. The average Bonchev–Trinajstić information content (AvgIpc) is 3.13. The molecule has 0 unspecified atom stereocenters. The summed E-state index contributed by atoms with van der Waals surface area (Å²) in [6.45, 7) is 6.81. The van der Waals surface area contributed by atoms with Gasteiger partial charge in [-0.3, -0.25) is 0 Å². The van der Waals surface area contributed by atoms with Gasteiger partial charge in [-0.25, -0.2) is 0 Å². The van der Waals surface area contributed by atoms with Gasteiger partial charge in [0.1, 0.15) is 0 Å². The van der Waals surface area contributed by atoms with Crippen LogP contribution in [0.3, 0.4) is 0 Å². The van der Waals surface area contributed by atoms with Crippen LogP contribution in [0.2, 0.25) is 0 Å². The van der Waals surface area contributed by atoms with E-state index in [2.05, 4.69) is 130 Å². The van der Waals surface area contributed by atoms with Crippen molar-refractivity contribution < 1.29 is 0 Å². The zero-order chi connectivity index (χ0) is 20.6. The summed E-state index contributed by atoms with van der Waals surface area (Å²) in [5.41, 5.74) is 5.61. The van der Waals surface area contributed by atoms with Crippen molar-refractivity contribution in [1.29, 1.82) is 0 Å². The fourth-order valence-electron chi connectivity index (χ4n) is 4.33. The summed E-state index contributed by atoms with van der Waals surface area (Å²) in [7, 11) is 0. The number of hydrogen-bond acceptors (Lipinski definition) is 1. The number of rotatable bonds is 3. The third-order valence-electron chi connectivity index (χ3n) is 5.93. The molecular formula is C26H27Br2N. The van der Waals surface area contributed by atoms with Gasteiger partial charge >= 0.3 is 0 Å². The van der Waals surface area contributed by atoms with Gasteiger partial charge in [0.15, 0.2) is 0 Å². The number of anilines is 1. The minimum atomic E-state index is 0.166. The molecule has 4 rings (SSSR count). The Hall–Kier alpha value is -1.58. The van der Waals surface area contributed by atoms with Crippen LogP contribution in [0.5, 0.6) is 0 Å². The first-order valence-electron chi connectivity index (χ1n) is 10.2. The second-order valence-corrected chi connectivity index (χ2v) is 10.7. The predicted octanol–water partition coefficient (Wildman–Crippen LogP) is 8.59. The van der Waals surface area contributed by atoms with Crippen molar-refractivity contribution in [2.45, 2.75) is 51.1 Å². The molecule has 1 aliphatic rings. The van der Waals surface area contributed by atoms with Gasteiger partial charge in [0, 0.05) is 14.6 Å². The zero-order valence-electron chi connectivity index (χ0n) is 17.2. The lowest BCUT2D eigenvalue weighted by molar-refractivity contribution is 0.589. The molecule has 1 heterocycles. The smallest absolute Gasteiger partial charge is 0.0549 e. The van der Waals surface area contributed by atoms with E-state index in [1.165, 1.54) is 22.4 Å². The lowest BCUT2D eigenvalue weighted by Crippen LogP contribution is -2.26. The summed E-state index contributed by atoms with van der Waals surface area (Å²) in [5, 5.41) is 0. The van der Waals surface area contributed by atoms with Gasteiger partial charge in [-0.1, -0.05) is 89.0 Å². The maximum atomic E-state index is 3.58. The van der Waals surface area contributed by atoms with Crippen LogP contribution >= 0.6 is 31.9 Å². The van der Waals surface area contributed by atoms with Crippen LogP contribution in [0.1, 0.15) is 62.4 Å². The molecular weight excluding hydrogens is 486 g/mol. The van der Waals surface area contributed by atoms with E-state index in [9.17, 15) is 0 Å². The van der Waals surface area contributed by atoms with Crippen molar-refractivity contribution >= 4 is 37.5 Å². The van der Waals surface area contributed by atoms with Crippen LogP contribution in [0, 0.1) is 0 Å². The molecule has 150 valence electrons. The van der Waals surface area contributed by atoms with E-state index in [1.807, 2.05) is 0 Å². The molecule has 29 heavy (non-hydrogen) atoms. The lowest BCUT2D eigenvalue weighted by atomic mass is 9.87.